The van der Waals surface area contributed by atoms with Crippen molar-refractivity contribution in [3.63, 3.8) is 0 Å². The predicted octanol–water partition coefficient (Wildman–Crippen LogP) is 2.80. The minimum absolute atomic E-state index is 0.0589. The summed E-state index contributed by atoms with van der Waals surface area (Å²) in [4.78, 5) is 0.970. The lowest BCUT2D eigenvalue weighted by atomic mass is 10.5. The standard InChI is InChI=1S/C10H10Br2N2O3S2/c11-6-1-8(18-5-6)4-14-19(15,16)9-2-7(3-13)17-10(9)12/h1-2,5,14H,3-4,13H2. The molecule has 2 heterocycles. The number of hydrogen-bond acceptors (Lipinski definition) is 5. The van der Waals surface area contributed by atoms with Gasteiger partial charge < -0.3 is 10.2 Å². The maximum Gasteiger partial charge on any atom is 0.245 e. The van der Waals surface area contributed by atoms with Crippen molar-refractivity contribution in [2.45, 2.75) is 18.0 Å². The maximum atomic E-state index is 12.1. The summed E-state index contributed by atoms with van der Waals surface area (Å²) in [5.74, 6) is 0.408. The maximum absolute atomic E-state index is 12.1. The molecule has 0 aliphatic heterocycles. The van der Waals surface area contributed by atoms with E-state index >= 15 is 0 Å². The molecule has 0 aliphatic carbocycles. The van der Waals surface area contributed by atoms with Gasteiger partial charge in [0, 0.05) is 27.3 Å². The van der Waals surface area contributed by atoms with Crippen LogP contribution in [0.25, 0.3) is 0 Å². The highest BCUT2D eigenvalue weighted by Crippen LogP contribution is 2.26. The van der Waals surface area contributed by atoms with Crippen LogP contribution < -0.4 is 10.5 Å². The van der Waals surface area contributed by atoms with Crippen molar-refractivity contribution in [3.05, 3.63) is 37.3 Å². The highest BCUT2D eigenvalue weighted by Gasteiger charge is 2.22. The molecule has 0 saturated carbocycles. The Morgan fingerprint density at radius 2 is 2.11 bits per heavy atom. The quantitative estimate of drug-likeness (QED) is 0.765. The fourth-order valence-corrected chi connectivity index (χ4v) is 4.86. The van der Waals surface area contributed by atoms with Crippen molar-refractivity contribution in [2.24, 2.45) is 5.73 Å². The molecule has 0 atom stereocenters. The molecule has 5 nitrogen and oxygen atoms in total. The molecule has 3 N–H and O–H groups in total. The Morgan fingerprint density at radius 3 is 2.63 bits per heavy atom. The molecule has 0 unspecified atom stereocenters. The van der Waals surface area contributed by atoms with Crippen molar-refractivity contribution >= 4 is 53.2 Å². The molecular weight excluding hydrogens is 420 g/mol. The van der Waals surface area contributed by atoms with E-state index < -0.39 is 10.0 Å². The van der Waals surface area contributed by atoms with Gasteiger partial charge in [-0.15, -0.1) is 11.3 Å². The Morgan fingerprint density at radius 1 is 1.37 bits per heavy atom. The lowest BCUT2D eigenvalue weighted by molar-refractivity contribution is 0.483. The van der Waals surface area contributed by atoms with Crippen LogP contribution in [0, 0.1) is 0 Å². The number of furan rings is 1. The van der Waals surface area contributed by atoms with Crippen molar-refractivity contribution in [1.29, 1.82) is 0 Å². The normalized spacial score (nSPS) is 11.9. The summed E-state index contributed by atoms with van der Waals surface area (Å²) < 4.78 is 33.0. The molecule has 104 valence electrons. The first-order chi connectivity index (χ1) is 8.92. The van der Waals surface area contributed by atoms with Crippen LogP contribution in [0.15, 0.2) is 36.0 Å². The molecule has 0 aliphatic rings. The first kappa shape index (κ1) is 15.2. The van der Waals surface area contributed by atoms with Gasteiger partial charge in [0.2, 0.25) is 10.0 Å². The van der Waals surface area contributed by atoms with Gasteiger partial charge in [-0.2, -0.15) is 0 Å². The van der Waals surface area contributed by atoms with Crippen LogP contribution in [0.3, 0.4) is 0 Å². The molecule has 0 saturated heterocycles. The number of nitrogens with two attached hydrogens (primary N) is 1. The Balaban J connectivity index is 2.15. The van der Waals surface area contributed by atoms with Gasteiger partial charge in [-0.25, -0.2) is 13.1 Å². The number of halogens is 2. The number of nitrogens with one attached hydrogen (secondary N) is 1. The molecule has 0 fully saturated rings. The molecule has 9 heteroatoms. The number of rotatable bonds is 5. The lowest BCUT2D eigenvalue weighted by Gasteiger charge is -2.03. The van der Waals surface area contributed by atoms with Crippen LogP contribution in [-0.4, -0.2) is 8.42 Å². The fourth-order valence-electron chi connectivity index (χ4n) is 1.37. The molecule has 0 bridgehead atoms. The molecule has 19 heavy (non-hydrogen) atoms. The van der Waals surface area contributed by atoms with Crippen LogP contribution >= 0.6 is 43.2 Å². The fraction of sp³-hybridized carbons (Fsp3) is 0.200. The topological polar surface area (TPSA) is 85.3 Å². The minimum Gasteiger partial charge on any atom is -0.452 e. The molecule has 0 spiro atoms. The molecular formula is C10H10Br2N2O3S2. The zero-order valence-electron chi connectivity index (χ0n) is 9.52. The van der Waals surface area contributed by atoms with E-state index in [0.29, 0.717) is 5.76 Å². The third kappa shape index (κ3) is 3.67. The van der Waals surface area contributed by atoms with Gasteiger partial charge in [-0.3, -0.25) is 0 Å². The monoisotopic (exact) mass is 428 g/mol. The highest BCUT2D eigenvalue weighted by molar-refractivity contribution is 9.10. The van der Waals surface area contributed by atoms with Gasteiger partial charge in [-0.1, -0.05) is 0 Å². The average Bonchev–Trinajstić information content (AvgIpc) is 2.93. The second-order valence-electron chi connectivity index (χ2n) is 3.61. The smallest absolute Gasteiger partial charge is 0.245 e. The van der Waals surface area contributed by atoms with Crippen molar-refractivity contribution < 1.29 is 12.8 Å². The third-order valence-corrected chi connectivity index (χ3v) is 6.21. The summed E-state index contributed by atoms with van der Waals surface area (Å²) in [6, 6.07) is 3.28. The highest BCUT2D eigenvalue weighted by atomic mass is 79.9. The van der Waals surface area contributed by atoms with Crippen LogP contribution in [0.4, 0.5) is 0 Å². The van der Waals surface area contributed by atoms with Crippen LogP contribution in [-0.2, 0) is 23.1 Å². The predicted molar refractivity (Wildman–Crippen MR) is 80.3 cm³/mol. The van der Waals surface area contributed by atoms with E-state index in [-0.39, 0.29) is 22.7 Å². The van der Waals surface area contributed by atoms with Crippen molar-refractivity contribution in [1.82, 2.24) is 4.72 Å². The van der Waals surface area contributed by atoms with Crippen LogP contribution in [0.1, 0.15) is 10.6 Å². The molecule has 2 rings (SSSR count). The summed E-state index contributed by atoms with van der Waals surface area (Å²) >= 11 is 7.87. The average molecular weight is 430 g/mol. The van der Waals surface area contributed by atoms with Gasteiger partial charge >= 0.3 is 0 Å². The van der Waals surface area contributed by atoms with Crippen LogP contribution in [0.5, 0.6) is 0 Å². The van der Waals surface area contributed by atoms with Gasteiger partial charge in [0.1, 0.15) is 10.7 Å². The first-order valence-electron chi connectivity index (χ1n) is 5.13. The SMILES string of the molecule is NCc1cc(S(=O)(=O)NCc2cc(Br)cs2)c(Br)o1. The van der Waals surface area contributed by atoms with E-state index in [1.54, 1.807) is 0 Å². The minimum atomic E-state index is -3.62. The number of thiophene rings is 1. The van der Waals surface area contributed by atoms with E-state index in [0.717, 1.165) is 9.35 Å². The number of sulfonamides is 1. The summed E-state index contributed by atoms with van der Waals surface area (Å²) in [5, 5.41) is 1.89. The third-order valence-electron chi connectivity index (χ3n) is 2.26. The zero-order valence-corrected chi connectivity index (χ0v) is 14.3. The first-order valence-corrected chi connectivity index (χ1v) is 9.08. The Kier molecular flexibility index (Phi) is 4.85. The summed E-state index contributed by atoms with van der Waals surface area (Å²) in [6.45, 7) is 0.375. The van der Waals surface area contributed by atoms with E-state index in [9.17, 15) is 8.42 Å². The lowest BCUT2D eigenvalue weighted by Crippen LogP contribution is -2.22. The molecule has 0 aromatic carbocycles. The van der Waals surface area contributed by atoms with Gasteiger partial charge in [0.05, 0.1) is 6.54 Å². The van der Waals surface area contributed by atoms with Crippen molar-refractivity contribution in [3.8, 4) is 0 Å². The second kappa shape index (κ2) is 6.06. The summed E-state index contributed by atoms with van der Waals surface area (Å²) in [7, 11) is -3.62. The second-order valence-corrected chi connectivity index (χ2v) is 7.98. The van der Waals surface area contributed by atoms with Crippen molar-refractivity contribution in [2.75, 3.05) is 0 Å². The Hall–Kier alpha value is -0.190. The van der Waals surface area contributed by atoms with E-state index in [1.807, 2.05) is 11.4 Å². The molecule has 2 aromatic heterocycles. The van der Waals surface area contributed by atoms with E-state index in [4.69, 9.17) is 10.2 Å². The summed E-state index contributed by atoms with van der Waals surface area (Å²) in [6.07, 6.45) is 0. The molecule has 0 amide bonds. The van der Waals surface area contributed by atoms with Gasteiger partial charge in [-0.05, 0) is 37.9 Å². The van der Waals surface area contributed by atoms with E-state index in [2.05, 4.69) is 36.6 Å². The van der Waals surface area contributed by atoms with Gasteiger partial charge in [0.25, 0.3) is 0 Å². The van der Waals surface area contributed by atoms with E-state index in [1.165, 1.54) is 17.4 Å². The molecule has 2 aromatic rings. The zero-order chi connectivity index (χ0) is 14.0. The molecule has 0 radical (unpaired) electrons. The Labute approximate surface area is 131 Å². The summed E-state index contributed by atoms with van der Waals surface area (Å²) in [5.41, 5.74) is 5.41. The van der Waals surface area contributed by atoms with Crippen LogP contribution in [0.2, 0.25) is 0 Å². The van der Waals surface area contributed by atoms with Gasteiger partial charge in [0.15, 0.2) is 4.67 Å². The largest absolute Gasteiger partial charge is 0.452 e. The number of hydrogen-bond donors (Lipinski definition) is 2. The Bertz CT molecular complexity index is 679.